The summed E-state index contributed by atoms with van der Waals surface area (Å²) in [6, 6.07) is 8.16. The van der Waals surface area contributed by atoms with Gasteiger partial charge in [0.05, 0.1) is 0 Å². The molecule has 1 spiro atoms. The zero-order chi connectivity index (χ0) is 19.8. The van der Waals surface area contributed by atoms with Gasteiger partial charge in [-0.05, 0) is 51.0 Å². The first-order valence-electron chi connectivity index (χ1n) is 8.96. The Hall–Kier alpha value is -2.95. The Labute approximate surface area is 159 Å². The molecule has 0 aromatic heterocycles. The summed E-state index contributed by atoms with van der Waals surface area (Å²) in [6.07, 6.45) is 7.99. The van der Waals surface area contributed by atoms with Gasteiger partial charge in [-0.1, -0.05) is 42.5 Å². The molecular weight excluding hydrogens is 340 g/mol. The van der Waals surface area contributed by atoms with Crippen molar-refractivity contribution in [3.05, 3.63) is 71.8 Å². The van der Waals surface area contributed by atoms with Gasteiger partial charge in [0.25, 0.3) is 0 Å². The van der Waals surface area contributed by atoms with E-state index in [0.717, 1.165) is 0 Å². The Kier molecular flexibility index (Phi) is 4.64. The van der Waals surface area contributed by atoms with E-state index in [4.69, 9.17) is 0 Å². The van der Waals surface area contributed by atoms with Crippen LogP contribution < -0.4 is 5.32 Å². The summed E-state index contributed by atoms with van der Waals surface area (Å²) >= 11 is 0. The van der Waals surface area contributed by atoms with Crippen molar-refractivity contribution in [1.82, 2.24) is 10.2 Å². The highest BCUT2D eigenvalue weighted by molar-refractivity contribution is 6.12. The van der Waals surface area contributed by atoms with E-state index in [0.29, 0.717) is 11.1 Å². The fraction of sp³-hybridized carbons (Fsp3) is 0.318. The van der Waals surface area contributed by atoms with Crippen LogP contribution in [0.3, 0.4) is 0 Å². The van der Waals surface area contributed by atoms with Crippen molar-refractivity contribution < 1.29 is 14.4 Å². The predicted octanol–water partition coefficient (Wildman–Crippen LogP) is 2.86. The molecule has 0 saturated carbocycles. The maximum Gasteiger partial charge on any atom is 0.248 e. The van der Waals surface area contributed by atoms with Crippen LogP contribution in [0.4, 0.5) is 0 Å². The van der Waals surface area contributed by atoms with E-state index in [1.807, 2.05) is 39.0 Å². The van der Waals surface area contributed by atoms with E-state index in [9.17, 15) is 14.4 Å². The van der Waals surface area contributed by atoms with Gasteiger partial charge in [-0.3, -0.25) is 14.4 Å². The topological polar surface area (TPSA) is 66.5 Å². The van der Waals surface area contributed by atoms with Gasteiger partial charge in [0.1, 0.15) is 11.6 Å². The van der Waals surface area contributed by atoms with Crippen LogP contribution in [-0.4, -0.2) is 33.6 Å². The average molecular weight is 364 g/mol. The number of ketones is 1. The fourth-order valence-corrected chi connectivity index (χ4v) is 3.62. The third kappa shape index (κ3) is 3.25. The van der Waals surface area contributed by atoms with Crippen LogP contribution >= 0.6 is 0 Å². The van der Waals surface area contributed by atoms with Gasteiger partial charge >= 0.3 is 0 Å². The van der Waals surface area contributed by atoms with Crippen LogP contribution in [0.5, 0.6) is 0 Å². The second-order valence-electron chi connectivity index (χ2n) is 7.94. The minimum atomic E-state index is -1.26. The Morgan fingerprint density at radius 1 is 1.11 bits per heavy atom. The summed E-state index contributed by atoms with van der Waals surface area (Å²) in [5.41, 5.74) is -0.468. The normalized spacial score (nSPS) is 23.0. The van der Waals surface area contributed by atoms with E-state index >= 15 is 0 Å². The van der Waals surface area contributed by atoms with Crippen LogP contribution in [0.2, 0.25) is 0 Å². The molecule has 1 heterocycles. The summed E-state index contributed by atoms with van der Waals surface area (Å²) < 4.78 is 0. The minimum Gasteiger partial charge on any atom is -0.349 e. The van der Waals surface area contributed by atoms with Crippen molar-refractivity contribution >= 4 is 17.6 Å². The van der Waals surface area contributed by atoms with Gasteiger partial charge < -0.3 is 10.2 Å². The average Bonchev–Trinajstić information content (AvgIpc) is 2.82. The van der Waals surface area contributed by atoms with Crippen LogP contribution in [0.15, 0.2) is 66.3 Å². The maximum atomic E-state index is 13.2. The molecule has 1 aliphatic heterocycles. The number of nitrogens with zero attached hydrogens (tertiary/aromatic N) is 1. The molecule has 27 heavy (non-hydrogen) atoms. The highest BCUT2D eigenvalue weighted by Gasteiger charge is 2.53. The van der Waals surface area contributed by atoms with Gasteiger partial charge in [0.15, 0.2) is 5.78 Å². The van der Waals surface area contributed by atoms with Crippen molar-refractivity contribution in [3.63, 3.8) is 0 Å². The molecule has 5 nitrogen and oxygen atoms in total. The molecule has 0 bridgehead atoms. The molecule has 0 unspecified atom stereocenters. The van der Waals surface area contributed by atoms with Gasteiger partial charge in [-0.25, -0.2) is 0 Å². The zero-order valence-electron chi connectivity index (χ0n) is 16.0. The monoisotopic (exact) mass is 364 g/mol. The van der Waals surface area contributed by atoms with E-state index in [1.54, 1.807) is 37.3 Å². The van der Waals surface area contributed by atoms with Crippen molar-refractivity contribution in [3.8, 4) is 0 Å². The molecule has 1 N–H and O–H groups in total. The molecule has 2 amide bonds. The molecule has 5 heteroatoms. The zero-order valence-corrected chi connectivity index (χ0v) is 16.0. The van der Waals surface area contributed by atoms with E-state index in [2.05, 4.69) is 5.32 Å². The van der Waals surface area contributed by atoms with Crippen LogP contribution in [0, 0.1) is 0 Å². The Bertz CT molecular complexity index is 875. The van der Waals surface area contributed by atoms with Crippen LogP contribution in [0.1, 0.15) is 39.3 Å². The third-order valence-electron chi connectivity index (χ3n) is 4.75. The predicted molar refractivity (Wildman–Crippen MR) is 104 cm³/mol. The number of hydrogen-bond donors (Lipinski definition) is 1. The highest BCUT2D eigenvalue weighted by Crippen LogP contribution is 2.41. The second kappa shape index (κ2) is 6.65. The van der Waals surface area contributed by atoms with Gasteiger partial charge in [0.2, 0.25) is 11.8 Å². The number of rotatable bonds is 3. The smallest absolute Gasteiger partial charge is 0.248 e. The SMILES string of the molecule is CC1=CC(=O)N([C@H](C(=O)NC(C)(C)C)c2ccccc2)[C@@]12C=CC=CC2=O. The first-order chi connectivity index (χ1) is 12.7. The molecule has 140 valence electrons. The van der Waals surface area contributed by atoms with Crippen molar-refractivity contribution in [1.29, 1.82) is 0 Å². The molecule has 3 rings (SSSR count). The number of carbonyl (C=O) groups is 3. The maximum absolute atomic E-state index is 13.2. The Morgan fingerprint density at radius 3 is 2.37 bits per heavy atom. The summed E-state index contributed by atoms with van der Waals surface area (Å²) in [6.45, 7) is 7.40. The first kappa shape index (κ1) is 18.8. The van der Waals surface area contributed by atoms with Gasteiger partial charge in [0, 0.05) is 11.6 Å². The molecule has 0 fully saturated rings. The lowest BCUT2D eigenvalue weighted by Gasteiger charge is -2.42. The lowest BCUT2D eigenvalue weighted by molar-refractivity contribution is -0.144. The molecule has 0 saturated heterocycles. The molecule has 1 aromatic rings. The van der Waals surface area contributed by atoms with E-state index < -0.39 is 17.1 Å². The van der Waals surface area contributed by atoms with Crippen LogP contribution in [0.25, 0.3) is 0 Å². The largest absolute Gasteiger partial charge is 0.349 e. The summed E-state index contributed by atoms with van der Waals surface area (Å²) in [5.74, 6) is -0.895. The number of allylic oxidation sites excluding steroid dienone is 2. The summed E-state index contributed by atoms with van der Waals surface area (Å²) in [7, 11) is 0. The third-order valence-corrected chi connectivity index (χ3v) is 4.75. The lowest BCUT2D eigenvalue weighted by atomic mass is 9.82. The molecule has 1 aliphatic carbocycles. The number of nitrogens with one attached hydrogen (secondary N) is 1. The molecular formula is C22H24N2O3. The molecule has 0 radical (unpaired) electrons. The number of benzene rings is 1. The quantitative estimate of drug-likeness (QED) is 0.897. The number of hydrogen-bond acceptors (Lipinski definition) is 3. The minimum absolute atomic E-state index is 0.228. The highest BCUT2D eigenvalue weighted by atomic mass is 16.2. The van der Waals surface area contributed by atoms with Crippen molar-refractivity contribution in [2.24, 2.45) is 0 Å². The summed E-state index contributed by atoms with van der Waals surface area (Å²) in [5, 5.41) is 2.96. The molecule has 2 aliphatic rings. The van der Waals surface area contributed by atoms with Crippen molar-refractivity contribution in [2.45, 2.75) is 44.8 Å². The fourth-order valence-electron chi connectivity index (χ4n) is 3.62. The summed E-state index contributed by atoms with van der Waals surface area (Å²) in [4.78, 5) is 40.5. The van der Waals surface area contributed by atoms with Crippen molar-refractivity contribution in [2.75, 3.05) is 0 Å². The number of amides is 2. The van der Waals surface area contributed by atoms with E-state index in [1.165, 1.54) is 17.1 Å². The molecule has 2 atom stereocenters. The lowest BCUT2D eigenvalue weighted by Crippen LogP contribution is -2.58. The Balaban J connectivity index is 2.15. The van der Waals surface area contributed by atoms with Crippen LogP contribution in [-0.2, 0) is 14.4 Å². The number of carbonyl (C=O) groups excluding carboxylic acids is 3. The standard InChI is InChI=1S/C22H24N2O3/c1-15-14-18(26)24(22(15)13-9-8-12-17(22)25)19(16-10-6-5-7-11-16)20(27)23-21(2,3)4/h5-14,19H,1-4H3,(H,23,27)/t19-,22-/m0/s1. The second-order valence-corrected chi connectivity index (χ2v) is 7.94. The Morgan fingerprint density at radius 2 is 1.78 bits per heavy atom. The molecule has 1 aromatic carbocycles. The first-order valence-corrected chi connectivity index (χ1v) is 8.96. The van der Waals surface area contributed by atoms with E-state index in [-0.39, 0.29) is 17.6 Å². The van der Waals surface area contributed by atoms with Gasteiger partial charge in [-0.2, -0.15) is 0 Å². The van der Waals surface area contributed by atoms with Gasteiger partial charge in [-0.15, -0.1) is 0 Å².